The van der Waals surface area contributed by atoms with Gasteiger partial charge in [-0.25, -0.2) is 28.3 Å². The van der Waals surface area contributed by atoms with Crippen LogP contribution in [-0.2, 0) is 75.1 Å². The lowest BCUT2D eigenvalue weighted by molar-refractivity contribution is -0.141. The summed E-state index contributed by atoms with van der Waals surface area (Å²) in [5.74, 6) is -1.09. The second-order valence-electron chi connectivity index (χ2n) is 13.7. The molecule has 4 atom stereocenters. The smallest absolute Gasteiger partial charge is 0.460 e. The van der Waals surface area contributed by atoms with Gasteiger partial charge in [0.05, 0.1) is 96.9 Å². The van der Waals surface area contributed by atoms with Gasteiger partial charge in [0, 0.05) is 24.2 Å². The molecule has 0 aliphatic heterocycles. The minimum atomic E-state index is -4.85. The number of alkyl carbamates (subject to hydrolysis) is 2. The van der Waals surface area contributed by atoms with Crippen LogP contribution in [0.25, 0.3) is 0 Å². The van der Waals surface area contributed by atoms with E-state index >= 15 is 0 Å². The molecule has 0 aromatic carbocycles. The van der Waals surface area contributed by atoms with E-state index < -0.39 is 69.6 Å². The summed E-state index contributed by atoms with van der Waals surface area (Å²) < 4.78 is 86.3. The summed E-state index contributed by atoms with van der Waals surface area (Å²) in [7, 11) is -9.69. The Labute approximate surface area is 355 Å². The number of esters is 2. The van der Waals surface area contributed by atoms with Crippen LogP contribution in [-0.4, -0.2) is 174 Å². The number of rotatable bonds is 36. The lowest BCUT2D eigenvalue weighted by Gasteiger charge is -2.34. The zero-order chi connectivity index (χ0) is 46.5. The van der Waals surface area contributed by atoms with Gasteiger partial charge < -0.3 is 77.6 Å². The molecule has 0 aliphatic rings. The first-order chi connectivity index (χ1) is 28.4. The Kier molecular flexibility index (Phi) is 30.1. The molecule has 24 nitrogen and oxygen atoms in total. The number of carbonyl (C=O) groups is 4. The summed E-state index contributed by atoms with van der Waals surface area (Å²) in [5.41, 5.74) is -0.745. The maximum absolute atomic E-state index is 12.3. The fourth-order valence-corrected chi connectivity index (χ4v) is 5.41. The molecule has 0 radical (unpaired) electrons. The van der Waals surface area contributed by atoms with Gasteiger partial charge in [0.2, 0.25) is 0 Å². The number of nitrogens with one attached hydrogen (secondary N) is 2. The van der Waals surface area contributed by atoms with Crippen molar-refractivity contribution in [2.24, 2.45) is 5.41 Å². The van der Waals surface area contributed by atoms with Crippen molar-refractivity contribution in [3.05, 3.63) is 24.3 Å². The van der Waals surface area contributed by atoms with Gasteiger partial charge in [0.25, 0.3) is 0 Å². The second kappa shape index (κ2) is 31.7. The quantitative estimate of drug-likeness (QED) is 0.0171. The van der Waals surface area contributed by atoms with Crippen molar-refractivity contribution in [2.45, 2.75) is 66.0 Å². The average Bonchev–Trinajstić information content (AvgIpc) is 3.12. The van der Waals surface area contributed by atoms with Gasteiger partial charge in [0.1, 0.15) is 25.4 Å². The fourth-order valence-electron chi connectivity index (χ4n) is 4.35. The van der Waals surface area contributed by atoms with Crippen molar-refractivity contribution in [1.82, 2.24) is 10.6 Å². The maximum atomic E-state index is 12.3. The van der Waals surface area contributed by atoms with Crippen molar-refractivity contribution in [3.63, 3.8) is 0 Å². The summed E-state index contributed by atoms with van der Waals surface area (Å²) >= 11 is 0. The third kappa shape index (κ3) is 34.2. The maximum Gasteiger partial charge on any atom is 0.469 e. The van der Waals surface area contributed by atoms with Crippen LogP contribution in [0.4, 0.5) is 9.59 Å². The Hall–Kier alpha value is -3.06. The Morgan fingerprint density at radius 1 is 0.525 bits per heavy atom. The molecule has 26 heteroatoms. The highest BCUT2D eigenvalue weighted by atomic mass is 31.2. The number of amides is 2. The van der Waals surface area contributed by atoms with Gasteiger partial charge >= 0.3 is 39.8 Å². The van der Waals surface area contributed by atoms with Gasteiger partial charge in [-0.15, -0.1) is 0 Å². The lowest BCUT2D eigenvalue weighted by atomic mass is 9.92. The zero-order valence-corrected chi connectivity index (χ0v) is 37.4. The molecule has 4 unspecified atom stereocenters. The molecular weight excluding hydrogens is 862 g/mol. The van der Waals surface area contributed by atoms with Crippen molar-refractivity contribution in [2.75, 3.05) is 106 Å². The first-order valence-electron chi connectivity index (χ1n) is 18.9. The number of carbonyl (C=O) groups excluding carboxylic acids is 4. The van der Waals surface area contributed by atoms with E-state index in [0.29, 0.717) is 0 Å². The second-order valence-corrected chi connectivity index (χ2v) is 16.1. The van der Waals surface area contributed by atoms with Crippen LogP contribution < -0.4 is 10.6 Å². The van der Waals surface area contributed by atoms with Crippen molar-refractivity contribution < 1.29 is 104 Å². The Balaban J connectivity index is 5.46. The molecule has 61 heavy (non-hydrogen) atoms. The van der Waals surface area contributed by atoms with Crippen LogP contribution >= 0.6 is 15.6 Å². The summed E-state index contributed by atoms with van der Waals surface area (Å²) in [6, 6.07) is 0. The Morgan fingerprint density at radius 2 is 0.836 bits per heavy atom. The first-order valence-corrected chi connectivity index (χ1v) is 22.0. The van der Waals surface area contributed by atoms with E-state index in [4.69, 9.17) is 47.4 Å². The van der Waals surface area contributed by atoms with Crippen LogP contribution in [0, 0.1) is 5.41 Å². The standard InChI is InChI=1S/C35H64N2O22P2/c1-25(2)31(38)54-15-13-48-11-9-36-33(40)56-27(5)17-50-21-35(23-52-19-29(7)58-60(42,43)44,24-53-20-30(8)59-61(45,46)47)22-51-18-28(6)57-34(41)37-10-12-49-14-16-55-32(39)26(3)4/h27-30H,1,3,9-24H2,2,4-8H3,(H,36,40)(H,37,41)(H2,42,43,44)(H2,45,46,47). The van der Waals surface area contributed by atoms with Crippen LogP contribution in [0.3, 0.4) is 0 Å². The van der Waals surface area contributed by atoms with E-state index in [1.165, 1.54) is 27.7 Å². The van der Waals surface area contributed by atoms with Crippen LogP contribution in [0.5, 0.6) is 0 Å². The highest BCUT2D eigenvalue weighted by molar-refractivity contribution is 7.46. The largest absolute Gasteiger partial charge is 0.469 e. The van der Waals surface area contributed by atoms with Gasteiger partial charge in [0.15, 0.2) is 0 Å². The molecule has 0 heterocycles. The van der Waals surface area contributed by atoms with Crippen LogP contribution in [0.15, 0.2) is 24.3 Å². The topological polar surface area (TPSA) is 318 Å². The third-order valence-electron chi connectivity index (χ3n) is 6.94. The Bertz CT molecular complexity index is 1320. The lowest BCUT2D eigenvalue weighted by Crippen LogP contribution is -2.44. The number of phosphoric ester groups is 2. The third-order valence-corrected chi connectivity index (χ3v) is 8.21. The van der Waals surface area contributed by atoms with E-state index in [1.807, 2.05) is 0 Å². The molecule has 0 aromatic heterocycles. The number of hydrogen-bond donors (Lipinski definition) is 6. The van der Waals surface area contributed by atoms with Gasteiger partial charge in [-0.2, -0.15) is 0 Å². The molecule has 0 saturated carbocycles. The normalized spacial score (nSPS) is 14.7. The number of ether oxygens (including phenoxy) is 10. The molecule has 6 N–H and O–H groups in total. The zero-order valence-electron chi connectivity index (χ0n) is 35.6. The van der Waals surface area contributed by atoms with Crippen molar-refractivity contribution >= 4 is 39.8 Å². The highest BCUT2D eigenvalue weighted by Crippen LogP contribution is 2.38. The number of hydrogen-bond acceptors (Lipinski definition) is 18. The van der Waals surface area contributed by atoms with Gasteiger partial charge in [-0.1, -0.05) is 13.2 Å². The highest BCUT2D eigenvalue weighted by Gasteiger charge is 2.34. The van der Waals surface area contributed by atoms with Crippen molar-refractivity contribution in [1.29, 1.82) is 0 Å². The molecule has 0 spiro atoms. The fraction of sp³-hybridized carbons (Fsp3) is 0.771. The monoisotopic (exact) mass is 926 g/mol. The van der Waals surface area contributed by atoms with E-state index in [-0.39, 0.29) is 117 Å². The molecule has 0 rings (SSSR count). The van der Waals surface area contributed by atoms with Crippen LogP contribution in [0.1, 0.15) is 41.5 Å². The van der Waals surface area contributed by atoms with E-state index in [1.54, 1.807) is 13.8 Å². The van der Waals surface area contributed by atoms with Crippen molar-refractivity contribution in [3.8, 4) is 0 Å². The molecule has 356 valence electrons. The predicted octanol–water partition coefficient (Wildman–Crippen LogP) is 1.54. The molecule has 0 aliphatic carbocycles. The molecular formula is C35H64N2O22P2. The minimum Gasteiger partial charge on any atom is -0.460 e. The molecule has 0 bridgehead atoms. The summed E-state index contributed by atoms with van der Waals surface area (Å²) in [6.45, 7) is 14.5. The first kappa shape index (κ1) is 57.9. The molecule has 0 aromatic rings. The van der Waals surface area contributed by atoms with Gasteiger partial charge in [-0.3, -0.25) is 9.05 Å². The van der Waals surface area contributed by atoms with Crippen LogP contribution in [0.2, 0.25) is 0 Å². The number of phosphoric acid groups is 2. The summed E-state index contributed by atoms with van der Waals surface area (Å²) in [6.07, 6.45) is -5.28. The van der Waals surface area contributed by atoms with E-state index in [0.717, 1.165) is 0 Å². The molecule has 2 amide bonds. The van der Waals surface area contributed by atoms with E-state index in [9.17, 15) is 47.9 Å². The average molecular weight is 927 g/mol. The molecule has 0 fully saturated rings. The summed E-state index contributed by atoms with van der Waals surface area (Å²) in [5, 5.41) is 5.01. The van der Waals surface area contributed by atoms with E-state index in [2.05, 4.69) is 32.8 Å². The van der Waals surface area contributed by atoms with Gasteiger partial charge in [-0.05, 0) is 41.5 Å². The minimum absolute atomic E-state index is 0.00871. The SMILES string of the molecule is C=C(C)C(=O)OCCOCCNC(=O)OC(C)COCC(COCC(C)OC(=O)NCCOCCOC(=O)C(=C)C)(COCC(C)OP(=O)(O)O)COCC(C)OP(=O)(O)O. The Morgan fingerprint density at radius 3 is 1.13 bits per heavy atom. The predicted molar refractivity (Wildman–Crippen MR) is 212 cm³/mol. The molecule has 0 saturated heterocycles. The summed E-state index contributed by atoms with van der Waals surface area (Å²) in [4.78, 5) is 84.2.